The van der Waals surface area contributed by atoms with E-state index in [2.05, 4.69) is 47.3 Å². The molecule has 0 unspecified atom stereocenters. The van der Waals surface area contributed by atoms with E-state index in [9.17, 15) is 9.18 Å². The van der Waals surface area contributed by atoms with Gasteiger partial charge in [-0.3, -0.25) is 4.79 Å². The van der Waals surface area contributed by atoms with Crippen molar-refractivity contribution in [2.45, 2.75) is 19.3 Å². The summed E-state index contributed by atoms with van der Waals surface area (Å²) in [6.45, 7) is 0. The Kier molecular flexibility index (Phi) is 6.16. The molecule has 0 bridgehead atoms. The van der Waals surface area contributed by atoms with E-state index >= 15 is 0 Å². The van der Waals surface area contributed by atoms with Gasteiger partial charge in [-0.25, -0.2) is 4.39 Å². The van der Waals surface area contributed by atoms with Crippen LogP contribution in [0.5, 0.6) is 0 Å². The molecule has 3 aromatic rings. The van der Waals surface area contributed by atoms with Crippen LogP contribution < -0.4 is 5.32 Å². The Bertz CT molecular complexity index is 913. The first-order valence-corrected chi connectivity index (χ1v) is 9.43. The predicted molar refractivity (Wildman–Crippen MR) is 103 cm³/mol. The summed E-state index contributed by atoms with van der Waals surface area (Å²) in [5.74, 6) is 0.436. The predicted octanol–water partition coefficient (Wildman–Crippen LogP) is 5.36. The highest BCUT2D eigenvalue weighted by Crippen LogP contribution is 2.26. The van der Waals surface area contributed by atoms with Crippen LogP contribution in [0.4, 0.5) is 10.1 Å². The Morgan fingerprint density at radius 3 is 2.69 bits per heavy atom. The Morgan fingerprint density at radius 2 is 1.92 bits per heavy atom. The molecular weight excluding hydrogens is 469 g/mol. The zero-order valence-electron chi connectivity index (χ0n) is 13.5. The number of rotatable bonds is 6. The van der Waals surface area contributed by atoms with Gasteiger partial charge in [0.25, 0.3) is 0 Å². The third-order valence-electron chi connectivity index (χ3n) is 3.57. The van der Waals surface area contributed by atoms with Crippen molar-refractivity contribution in [1.29, 1.82) is 0 Å². The van der Waals surface area contributed by atoms with Gasteiger partial charge in [0, 0.05) is 27.4 Å². The number of nitrogens with one attached hydrogen (secondary N) is 1. The van der Waals surface area contributed by atoms with Crippen molar-refractivity contribution in [1.82, 2.24) is 10.1 Å². The molecule has 0 spiro atoms. The first-order chi connectivity index (χ1) is 12.5. The lowest BCUT2D eigenvalue weighted by atomic mass is 10.2. The Balaban J connectivity index is 1.51. The molecule has 5 nitrogen and oxygen atoms in total. The molecule has 0 saturated heterocycles. The van der Waals surface area contributed by atoms with Crippen molar-refractivity contribution >= 4 is 43.5 Å². The topological polar surface area (TPSA) is 68.0 Å². The second kappa shape index (κ2) is 8.55. The minimum absolute atomic E-state index is 0.0953. The molecule has 0 aliphatic carbocycles. The van der Waals surface area contributed by atoms with Crippen LogP contribution in [-0.4, -0.2) is 16.0 Å². The summed E-state index contributed by atoms with van der Waals surface area (Å²) in [5.41, 5.74) is 1.39. The summed E-state index contributed by atoms with van der Waals surface area (Å²) >= 11 is 6.78. The van der Waals surface area contributed by atoms with Crippen molar-refractivity contribution in [3.63, 3.8) is 0 Å². The van der Waals surface area contributed by atoms with Crippen LogP contribution in [0.2, 0.25) is 0 Å². The smallest absolute Gasteiger partial charge is 0.226 e. The lowest BCUT2D eigenvalue weighted by Crippen LogP contribution is -2.12. The largest absolute Gasteiger partial charge is 0.339 e. The molecule has 3 rings (SSSR count). The van der Waals surface area contributed by atoms with Crippen molar-refractivity contribution in [3.05, 3.63) is 63.1 Å². The summed E-state index contributed by atoms with van der Waals surface area (Å²) < 4.78 is 19.8. The minimum atomic E-state index is -0.319. The van der Waals surface area contributed by atoms with Gasteiger partial charge in [0.05, 0.1) is 5.69 Å². The number of nitrogens with zero attached hydrogens (tertiary/aromatic N) is 2. The van der Waals surface area contributed by atoms with Gasteiger partial charge in [-0.05, 0) is 64.8 Å². The maximum atomic E-state index is 12.9. The monoisotopic (exact) mass is 481 g/mol. The first kappa shape index (κ1) is 18.7. The second-order valence-corrected chi connectivity index (χ2v) is 7.31. The van der Waals surface area contributed by atoms with Crippen molar-refractivity contribution in [2.75, 3.05) is 5.32 Å². The Labute approximate surface area is 166 Å². The summed E-state index contributed by atoms with van der Waals surface area (Å²) in [6, 6.07) is 11.4. The van der Waals surface area contributed by atoms with E-state index in [1.807, 2.05) is 18.2 Å². The fourth-order valence-electron chi connectivity index (χ4n) is 2.28. The number of carbonyl (C=O) groups is 1. The van der Waals surface area contributed by atoms with Crippen LogP contribution in [0.3, 0.4) is 0 Å². The normalized spacial score (nSPS) is 10.7. The number of amides is 1. The minimum Gasteiger partial charge on any atom is -0.339 e. The SMILES string of the molecule is O=C(CCCc1nc(-c2ccc(F)cc2)no1)Nc1cc(Br)ccc1Br. The highest BCUT2D eigenvalue weighted by molar-refractivity contribution is 9.11. The molecule has 0 aliphatic heterocycles. The van der Waals surface area contributed by atoms with Crippen LogP contribution in [0.15, 0.2) is 55.9 Å². The molecule has 2 aromatic carbocycles. The third kappa shape index (κ3) is 4.98. The average molecular weight is 483 g/mol. The van der Waals surface area contributed by atoms with Gasteiger partial charge >= 0.3 is 0 Å². The van der Waals surface area contributed by atoms with Gasteiger partial charge in [0.2, 0.25) is 17.6 Å². The number of carbonyl (C=O) groups excluding carboxylic acids is 1. The maximum absolute atomic E-state index is 12.9. The Morgan fingerprint density at radius 1 is 1.15 bits per heavy atom. The number of hydrogen-bond donors (Lipinski definition) is 1. The van der Waals surface area contributed by atoms with Gasteiger partial charge in [0.15, 0.2) is 0 Å². The van der Waals surface area contributed by atoms with Crippen molar-refractivity contribution < 1.29 is 13.7 Å². The van der Waals surface area contributed by atoms with Crippen LogP contribution >= 0.6 is 31.9 Å². The van der Waals surface area contributed by atoms with E-state index in [1.165, 1.54) is 12.1 Å². The van der Waals surface area contributed by atoms with Gasteiger partial charge in [-0.2, -0.15) is 4.98 Å². The van der Waals surface area contributed by atoms with Crippen molar-refractivity contribution in [3.8, 4) is 11.4 Å². The number of halogens is 3. The molecule has 1 heterocycles. The Hall–Kier alpha value is -2.06. The van der Waals surface area contributed by atoms with E-state index < -0.39 is 0 Å². The number of benzene rings is 2. The lowest BCUT2D eigenvalue weighted by Gasteiger charge is -2.07. The van der Waals surface area contributed by atoms with Gasteiger partial charge in [0.1, 0.15) is 5.82 Å². The molecule has 26 heavy (non-hydrogen) atoms. The molecule has 0 aliphatic rings. The van der Waals surface area contributed by atoms with Crippen LogP contribution in [0, 0.1) is 5.82 Å². The molecule has 134 valence electrons. The zero-order valence-corrected chi connectivity index (χ0v) is 16.7. The van der Waals surface area contributed by atoms with E-state index in [1.54, 1.807) is 12.1 Å². The maximum Gasteiger partial charge on any atom is 0.226 e. The zero-order chi connectivity index (χ0) is 18.5. The standard InChI is InChI=1S/C18H14Br2FN3O2/c19-12-6-9-14(20)15(10-12)22-16(25)2-1-3-17-23-18(24-26-17)11-4-7-13(21)8-5-11/h4-10H,1-3H2,(H,22,25). The van der Waals surface area contributed by atoms with Crippen LogP contribution in [0.1, 0.15) is 18.7 Å². The first-order valence-electron chi connectivity index (χ1n) is 7.85. The quantitative estimate of drug-likeness (QED) is 0.513. The summed E-state index contributed by atoms with van der Waals surface area (Å²) in [5, 5.41) is 6.74. The summed E-state index contributed by atoms with van der Waals surface area (Å²) in [7, 11) is 0. The highest BCUT2D eigenvalue weighted by atomic mass is 79.9. The fourth-order valence-corrected chi connectivity index (χ4v) is 2.99. The second-order valence-electron chi connectivity index (χ2n) is 5.54. The van der Waals surface area contributed by atoms with Gasteiger partial charge in [-0.1, -0.05) is 21.1 Å². The van der Waals surface area contributed by atoms with Crippen LogP contribution in [-0.2, 0) is 11.2 Å². The average Bonchev–Trinajstić information content (AvgIpc) is 3.08. The van der Waals surface area contributed by atoms with E-state index in [-0.39, 0.29) is 11.7 Å². The third-order valence-corrected chi connectivity index (χ3v) is 4.75. The van der Waals surface area contributed by atoms with Crippen molar-refractivity contribution in [2.24, 2.45) is 0 Å². The number of aryl methyl sites for hydroxylation is 1. The highest BCUT2D eigenvalue weighted by Gasteiger charge is 2.11. The van der Waals surface area contributed by atoms with E-state index in [0.29, 0.717) is 42.2 Å². The number of hydrogen-bond acceptors (Lipinski definition) is 4. The molecule has 0 atom stereocenters. The molecule has 0 fully saturated rings. The number of aromatic nitrogens is 2. The molecule has 1 aromatic heterocycles. The van der Waals surface area contributed by atoms with E-state index in [4.69, 9.17) is 4.52 Å². The molecule has 0 saturated carbocycles. The molecule has 1 amide bonds. The fraction of sp³-hybridized carbons (Fsp3) is 0.167. The van der Waals surface area contributed by atoms with Gasteiger partial charge < -0.3 is 9.84 Å². The lowest BCUT2D eigenvalue weighted by molar-refractivity contribution is -0.116. The summed E-state index contributed by atoms with van der Waals surface area (Å²) in [6.07, 6.45) is 1.39. The summed E-state index contributed by atoms with van der Waals surface area (Å²) in [4.78, 5) is 16.3. The molecule has 0 radical (unpaired) electrons. The molecule has 1 N–H and O–H groups in total. The molecule has 8 heteroatoms. The van der Waals surface area contributed by atoms with Crippen LogP contribution in [0.25, 0.3) is 11.4 Å². The molecular formula is C18H14Br2FN3O2. The van der Waals surface area contributed by atoms with E-state index in [0.717, 1.165) is 8.95 Å². The number of anilines is 1. The van der Waals surface area contributed by atoms with Gasteiger partial charge in [-0.15, -0.1) is 0 Å².